The second-order valence-electron chi connectivity index (χ2n) is 7.73. The molecule has 2 aromatic rings. The molecule has 4 rings (SSSR count). The Morgan fingerprint density at radius 1 is 1.10 bits per heavy atom. The normalized spacial score (nSPS) is 19.4. The number of benzene rings is 1. The minimum Gasteiger partial charge on any atom is -0.472 e. The van der Waals surface area contributed by atoms with Gasteiger partial charge in [-0.2, -0.15) is 0 Å². The molecule has 1 N–H and O–H groups in total. The smallest absolute Gasteiger partial charge is 0.274 e. The predicted octanol–water partition coefficient (Wildman–Crippen LogP) is 3.78. The first-order chi connectivity index (χ1) is 14.2. The third-order valence-electron chi connectivity index (χ3n) is 5.60. The van der Waals surface area contributed by atoms with Gasteiger partial charge in [-0.25, -0.2) is 4.98 Å². The molecule has 1 atom stereocenters. The number of ether oxygens (including phenoxy) is 1. The van der Waals surface area contributed by atoms with Crippen LogP contribution in [0.4, 0.5) is 5.82 Å². The number of hydrogen-bond acceptors (Lipinski definition) is 4. The quantitative estimate of drug-likeness (QED) is 0.811. The summed E-state index contributed by atoms with van der Waals surface area (Å²) in [6, 6.07) is 13.4. The van der Waals surface area contributed by atoms with Crippen LogP contribution < -0.4 is 15.0 Å². The highest BCUT2D eigenvalue weighted by atomic mass is 16.5. The van der Waals surface area contributed by atoms with Crippen molar-refractivity contribution in [2.45, 2.75) is 57.1 Å². The topological polar surface area (TPSA) is 71.5 Å². The fourth-order valence-electron chi connectivity index (χ4n) is 4.10. The highest BCUT2D eigenvalue weighted by Gasteiger charge is 2.36. The second-order valence-corrected chi connectivity index (χ2v) is 7.73. The Balaban J connectivity index is 1.41. The molecule has 6 nitrogen and oxygen atoms in total. The van der Waals surface area contributed by atoms with E-state index < -0.39 is 6.10 Å². The minimum atomic E-state index is -0.691. The van der Waals surface area contributed by atoms with Crippen LogP contribution in [0.3, 0.4) is 0 Å². The van der Waals surface area contributed by atoms with Crippen molar-refractivity contribution in [1.82, 2.24) is 10.3 Å². The minimum absolute atomic E-state index is 0.0680. The summed E-state index contributed by atoms with van der Waals surface area (Å²) >= 11 is 0. The Morgan fingerprint density at radius 2 is 1.90 bits per heavy atom. The van der Waals surface area contributed by atoms with Gasteiger partial charge in [0, 0.05) is 30.8 Å². The molecule has 1 unspecified atom stereocenters. The van der Waals surface area contributed by atoms with E-state index >= 15 is 0 Å². The van der Waals surface area contributed by atoms with Crippen LogP contribution >= 0.6 is 0 Å². The summed E-state index contributed by atoms with van der Waals surface area (Å²) < 4.78 is 5.96. The fourth-order valence-corrected chi connectivity index (χ4v) is 4.10. The maximum Gasteiger partial charge on any atom is 0.274 e. The van der Waals surface area contributed by atoms with Gasteiger partial charge in [0.2, 0.25) is 12.0 Å². The average Bonchev–Trinajstić information content (AvgIpc) is 2.76. The highest BCUT2D eigenvalue weighted by molar-refractivity contribution is 5.99. The molecule has 1 aromatic carbocycles. The number of nitrogens with one attached hydrogen (secondary N) is 1. The number of pyridine rings is 1. The number of hydrogen-bond donors (Lipinski definition) is 1. The van der Waals surface area contributed by atoms with Gasteiger partial charge in [-0.05, 0) is 31.4 Å². The van der Waals surface area contributed by atoms with Gasteiger partial charge in [0.15, 0.2) is 11.6 Å². The van der Waals surface area contributed by atoms with E-state index in [1.807, 2.05) is 36.4 Å². The van der Waals surface area contributed by atoms with Gasteiger partial charge in [0.1, 0.15) is 0 Å². The van der Waals surface area contributed by atoms with Gasteiger partial charge in [0.25, 0.3) is 5.91 Å². The first kappa shape index (κ1) is 19.4. The number of rotatable bonds is 6. The number of carbonyl (C=O) groups is 2. The van der Waals surface area contributed by atoms with Gasteiger partial charge < -0.3 is 10.1 Å². The summed E-state index contributed by atoms with van der Waals surface area (Å²) in [5.41, 5.74) is 0.812. The zero-order chi connectivity index (χ0) is 20.1. The van der Waals surface area contributed by atoms with Crippen LogP contribution in [-0.2, 0) is 9.59 Å². The van der Waals surface area contributed by atoms with Gasteiger partial charge in [-0.1, -0.05) is 49.6 Å². The summed E-state index contributed by atoms with van der Waals surface area (Å²) in [6.45, 7) is 0.438. The molecule has 0 spiro atoms. The number of anilines is 1. The first-order valence-corrected chi connectivity index (χ1v) is 10.5. The number of aromatic nitrogens is 1. The molecule has 152 valence electrons. The zero-order valence-corrected chi connectivity index (χ0v) is 16.5. The van der Waals surface area contributed by atoms with Crippen molar-refractivity contribution in [3.63, 3.8) is 0 Å². The van der Waals surface area contributed by atoms with E-state index in [9.17, 15) is 9.59 Å². The van der Waals surface area contributed by atoms with Crippen LogP contribution in [0.15, 0.2) is 48.7 Å². The second kappa shape index (κ2) is 9.07. The lowest BCUT2D eigenvalue weighted by Gasteiger charge is -2.33. The fraction of sp³-hybridized carbons (Fsp3) is 0.435. The van der Waals surface area contributed by atoms with E-state index in [0.29, 0.717) is 37.0 Å². The van der Waals surface area contributed by atoms with Gasteiger partial charge in [-0.3, -0.25) is 14.5 Å². The Hall–Kier alpha value is -2.89. The van der Waals surface area contributed by atoms with Gasteiger partial charge >= 0.3 is 0 Å². The molecule has 1 aliphatic heterocycles. The summed E-state index contributed by atoms with van der Waals surface area (Å²) in [6.07, 6.45) is 7.74. The molecule has 1 aromatic heterocycles. The lowest BCUT2D eigenvalue weighted by Crippen LogP contribution is -2.42. The molecular weight excluding hydrogens is 366 g/mol. The zero-order valence-electron chi connectivity index (χ0n) is 16.5. The summed E-state index contributed by atoms with van der Waals surface area (Å²) in [7, 11) is 0. The van der Waals surface area contributed by atoms with Crippen molar-refractivity contribution in [2.75, 3.05) is 11.4 Å². The van der Waals surface area contributed by atoms with Gasteiger partial charge in [0.05, 0.1) is 0 Å². The van der Waals surface area contributed by atoms with Crippen molar-refractivity contribution in [3.05, 3.63) is 54.2 Å². The van der Waals surface area contributed by atoms with Crippen molar-refractivity contribution in [3.8, 4) is 5.75 Å². The maximum atomic E-state index is 13.1. The molecule has 0 radical (unpaired) electrons. The highest BCUT2D eigenvalue weighted by Crippen LogP contribution is 2.37. The summed E-state index contributed by atoms with van der Waals surface area (Å²) in [4.78, 5) is 31.5. The van der Waals surface area contributed by atoms with Crippen molar-refractivity contribution >= 4 is 17.6 Å². The van der Waals surface area contributed by atoms with Gasteiger partial charge in [-0.15, -0.1) is 0 Å². The molecule has 1 saturated carbocycles. The number of amides is 2. The Bertz CT molecular complexity index is 849. The number of fused-ring (bicyclic) bond motifs is 1. The lowest BCUT2D eigenvalue weighted by molar-refractivity contribution is -0.127. The molecular formula is C23H27N3O3. The van der Waals surface area contributed by atoms with E-state index in [1.54, 1.807) is 17.2 Å². The Morgan fingerprint density at radius 3 is 2.69 bits per heavy atom. The van der Waals surface area contributed by atoms with E-state index in [-0.39, 0.29) is 11.8 Å². The molecule has 2 aliphatic rings. The Labute approximate surface area is 171 Å². The molecule has 29 heavy (non-hydrogen) atoms. The van der Waals surface area contributed by atoms with E-state index in [0.717, 1.165) is 18.4 Å². The summed E-state index contributed by atoms with van der Waals surface area (Å²) in [5.74, 6) is 1.04. The van der Waals surface area contributed by atoms with E-state index in [4.69, 9.17) is 4.74 Å². The standard InChI is InChI=1S/C23H27N3O3/c27-20(25-18-11-5-2-6-12-18)14-8-16-26-22-19(13-7-15-24-22)29-21(23(26)28)17-9-3-1-4-10-17/h1,3-4,7,9-10,13,15,18,21H,2,5-6,8,11-12,14,16H2,(H,25,27). The number of nitrogens with zero attached hydrogens (tertiary/aromatic N) is 2. The van der Waals surface area contributed by atoms with E-state index in [2.05, 4.69) is 10.3 Å². The van der Waals surface area contributed by atoms with Crippen LogP contribution in [0, 0.1) is 0 Å². The molecule has 0 bridgehead atoms. The lowest BCUT2D eigenvalue weighted by atomic mass is 9.95. The van der Waals surface area contributed by atoms with Crippen molar-refractivity contribution < 1.29 is 14.3 Å². The molecule has 0 saturated heterocycles. The average molecular weight is 393 g/mol. The third kappa shape index (κ3) is 4.58. The molecule has 1 aliphatic carbocycles. The van der Waals surface area contributed by atoms with Crippen LogP contribution in [0.1, 0.15) is 56.6 Å². The third-order valence-corrected chi connectivity index (χ3v) is 5.60. The monoisotopic (exact) mass is 393 g/mol. The first-order valence-electron chi connectivity index (χ1n) is 10.5. The Kier molecular flexibility index (Phi) is 6.08. The van der Waals surface area contributed by atoms with E-state index in [1.165, 1.54) is 19.3 Å². The molecule has 1 fully saturated rings. The van der Waals surface area contributed by atoms with Crippen LogP contribution in [0.2, 0.25) is 0 Å². The van der Waals surface area contributed by atoms with Crippen LogP contribution in [0.25, 0.3) is 0 Å². The molecule has 2 amide bonds. The predicted molar refractivity (Wildman–Crippen MR) is 111 cm³/mol. The summed E-state index contributed by atoms with van der Waals surface area (Å²) in [5, 5.41) is 3.14. The largest absolute Gasteiger partial charge is 0.472 e. The maximum absolute atomic E-state index is 13.1. The van der Waals surface area contributed by atoms with Crippen LogP contribution in [-0.4, -0.2) is 29.4 Å². The molecule has 2 heterocycles. The van der Waals surface area contributed by atoms with Crippen molar-refractivity contribution in [2.24, 2.45) is 0 Å². The number of carbonyl (C=O) groups excluding carboxylic acids is 2. The van der Waals surface area contributed by atoms with Crippen LogP contribution in [0.5, 0.6) is 5.75 Å². The van der Waals surface area contributed by atoms with Crippen molar-refractivity contribution in [1.29, 1.82) is 0 Å². The molecule has 6 heteroatoms. The SMILES string of the molecule is O=C(CCCN1C(=O)C(c2ccccc2)Oc2cccnc21)NC1CCCCC1.